The summed E-state index contributed by atoms with van der Waals surface area (Å²) in [5.41, 5.74) is 0. The summed E-state index contributed by atoms with van der Waals surface area (Å²) in [6.45, 7) is 3.93. The van der Waals surface area contributed by atoms with Gasteiger partial charge < -0.3 is 14.8 Å². The van der Waals surface area contributed by atoms with E-state index in [-0.39, 0.29) is 0 Å². The molecule has 3 atom stereocenters. The highest BCUT2D eigenvalue weighted by Crippen LogP contribution is 2.27. The van der Waals surface area contributed by atoms with Crippen LogP contribution in [-0.4, -0.2) is 18.2 Å². The van der Waals surface area contributed by atoms with Crippen molar-refractivity contribution in [2.75, 3.05) is 13.1 Å². The van der Waals surface area contributed by atoms with Gasteiger partial charge in [0.2, 0.25) is 0 Å². The second kappa shape index (κ2) is 6.22. The van der Waals surface area contributed by atoms with Crippen molar-refractivity contribution in [3.8, 4) is 0 Å². The molecule has 3 unspecified atom stereocenters. The van der Waals surface area contributed by atoms with Crippen LogP contribution in [0.3, 0.4) is 0 Å². The molecule has 1 aliphatic carbocycles. The summed E-state index contributed by atoms with van der Waals surface area (Å²) in [5.74, 6) is 2.29. The highest BCUT2D eigenvalue weighted by molar-refractivity contribution is 5.02. The topological polar surface area (TPSA) is 45.4 Å². The first-order valence-electron chi connectivity index (χ1n) is 6.68. The summed E-state index contributed by atoms with van der Waals surface area (Å²) < 4.78 is 5.16. The van der Waals surface area contributed by atoms with E-state index in [0.717, 1.165) is 18.4 Å². The first-order valence-corrected chi connectivity index (χ1v) is 6.68. The molecule has 0 spiro atoms. The Labute approximate surface area is 103 Å². The lowest BCUT2D eigenvalue weighted by Gasteiger charge is -2.27. The van der Waals surface area contributed by atoms with Crippen LogP contribution in [0.1, 0.15) is 44.5 Å². The van der Waals surface area contributed by atoms with E-state index in [9.17, 15) is 5.11 Å². The molecule has 2 rings (SSSR count). The molecule has 1 saturated carbocycles. The predicted octanol–water partition coefficient (Wildman–Crippen LogP) is 2.73. The average molecular weight is 237 g/mol. The van der Waals surface area contributed by atoms with E-state index in [4.69, 9.17) is 4.42 Å². The quantitative estimate of drug-likeness (QED) is 0.827. The fourth-order valence-electron chi connectivity index (χ4n) is 2.75. The van der Waals surface area contributed by atoms with Crippen LogP contribution in [0.5, 0.6) is 0 Å². The Morgan fingerprint density at radius 3 is 3.12 bits per heavy atom. The summed E-state index contributed by atoms with van der Waals surface area (Å²) in [5, 5.41) is 13.2. The lowest BCUT2D eigenvalue weighted by atomic mass is 9.82. The van der Waals surface area contributed by atoms with Gasteiger partial charge in [0.05, 0.1) is 6.26 Å². The largest absolute Gasteiger partial charge is 0.467 e. The van der Waals surface area contributed by atoms with Gasteiger partial charge in [-0.2, -0.15) is 0 Å². The Hall–Kier alpha value is -0.800. The van der Waals surface area contributed by atoms with Crippen LogP contribution in [0.15, 0.2) is 22.8 Å². The fourth-order valence-corrected chi connectivity index (χ4v) is 2.75. The molecular formula is C14H23NO2. The number of rotatable bonds is 5. The summed E-state index contributed by atoms with van der Waals surface area (Å²) >= 11 is 0. The van der Waals surface area contributed by atoms with Crippen molar-refractivity contribution in [1.82, 2.24) is 5.32 Å². The van der Waals surface area contributed by atoms with Crippen molar-refractivity contribution in [3.63, 3.8) is 0 Å². The highest BCUT2D eigenvalue weighted by Gasteiger charge is 2.19. The molecule has 1 aromatic rings. The van der Waals surface area contributed by atoms with Gasteiger partial charge in [-0.15, -0.1) is 0 Å². The molecule has 3 nitrogen and oxygen atoms in total. The Balaban J connectivity index is 1.65. The van der Waals surface area contributed by atoms with Crippen molar-refractivity contribution in [1.29, 1.82) is 0 Å². The number of nitrogens with one attached hydrogen (secondary N) is 1. The van der Waals surface area contributed by atoms with Crippen LogP contribution in [0.2, 0.25) is 0 Å². The molecule has 0 aliphatic heterocycles. The molecule has 1 heterocycles. The van der Waals surface area contributed by atoms with Gasteiger partial charge in [0.15, 0.2) is 0 Å². The summed E-state index contributed by atoms with van der Waals surface area (Å²) in [4.78, 5) is 0. The fraction of sp³-hybridized carbons (Fsp3) is 0.714. The second-order valence-corrected chi connectivity index (χ2v) is 5.33. The van der Waals surface area contributed by atoms with Crippen molar-refractivity contribution in [2.45, 2.75) is 38.7 Å². The maximum Gasteiger partial charge on any atom is 0.133 e. The minimum absolute atomic E-state index is 0.522. The molecule has 0 amide bonds. The predicted molar refractivity (Wildman–Crippen MR) is 67.7 cm³/mol. The Morgan fingerprint density at radius 1 is 1.53 bits per heavy atom. The summed E-state index contributed by atoms with van der Waals surface area (Å²) in [7, 11) is 0. The van der Waals surface area contributed by atoms with E-state index >= 15 is 0 Å². The van der Waals surface area contributed by atoms with Gasteiger partial charge in [-0.25, -0.2) is 0 Å². The normalized spacial score (nSPS) is 26.9. The van der Waals surface area contributed by atoms with Crippen molar-refractivity contribution < 1.29 is 9.52 Å². The maximum atomic E-state index is 9.83. The van der Waals surface area contributed by atoms with Crippen molar-refractivity contribution >= 4 is 0 Å². The van der Waals surface area contributed by atoms with Gasteiger partial charge in [-0.05, 0) is 43.4 Å². The van der Waals surface area contributed by atoms with Gasteiger partial charge in [0.25, 0.3) is 0 Å². The van der Waals surface area contributed by atoms with E-state index in [2.05, 4.69) is 12.2 Å². The Morgan fingerprint density at radius 2 is 2.41 bits per heavy atom. The lowest BCUT2D eigenvalue weighted by Crippen LogP contribution is -2.29. The van der Waals surface area contributed by atoms with Gasteiger partial charge in [-0.1, -0.05) is 19.8 Å². The molecule has 17 heavy (non-hydrogen) atoms. The molecule has 0 aromatic carbocycles. The molecule has 0 radical (unpaired) electrons. The molecule has 3 heteroatoms. The van der Waals surface area contributed by atoms with Crippen molar-refractivity contribution in [3.05, 3.63) is 24.2 Å². The van der Waals surface area contributed by atoms with Gasteiger partial charge in [-0.3, -0.25) is 0 Å². The van der Waals surface area contributed by atoms with Gasteiger partial charge >= 0.3 is 0 Å². The summed E-state index contributed by atoms with van der Waals surface area (Å²) in [6, 6.07) is 3.62. The maximum absolute atomic E-state index is 9.83. The van der Waals surface area contributed by atoms with E-state index in [1.54, 1.807) is 12.3 Å². The first kappa shape index (κ1) is 12.7. The average Bonchev–Trinajstić information content (AvgIpc) is 2.82. The zero-order valence-electron chi connectivity index (χ0n) is 10.6. The zero-order valence-corrected chi connectivity index (χ0v) is 10.6. The molecule has 96 valence electrons. The molecular weight excluding hydrogens is 214 g/mol. The van der Waals surface area contributed by atoms with E-state index in [0.29, 0.717) is 12.3 Å². The van der Waals surface area contributed by atoms with E-state index in [1.807, 2.05) is 6.07 Å². The lowest BCUT2D eigenvalue weighted by molar-refractivity contribution is 0.143. The van der Waals surface area contributed by atoms with Gasteiger partial charge in [0, 0.05) is 6.54 Å². The van der Waals surface area contributed by atoms with E-state index < -0.39 is 6.10 Å². The number of hydrogen-bond acceptors (Lipinski definition) is 3. The standard InChI is InChI=1S/C14H23NO2/c1-11-4-2-5-12(8-11)9-15-10-13(16)14-6-3-7-17-14/h3,6-7,11-13,15-16H,2,4-5,8-10H2,1H3. The molecule has 1 aliphatic rings. The zero-order chi connectivity index (χ0) is 12.1. The molecule has 1 aromatic heterocycles. The highest BCUT2D eigenvalue weighted by atomic mass is 16.4. The van der Waals surface area contributed by atoms with Gasteiger partial charge in [0.1, 0.15) is 11.9 Å². The first-order chi connectivity index (χ1) is 8.25. The third-order valence-electron chi connectivity index (χ3n) is 3.69. The van der Waals surface area contributed by atoms with Crippen molar-refractivity contribution in [2.24, 2.45) is 11.8 Å². The van der Waals surface area contributed by atoms with Crippen LogP contribution in [0.25, 0.3) is 0 Å². The minimum Gasteiger partial charge on any atom is -0.467 e. The number of hydrogen-bond donors (Lipinski definition) is 2. The molecule has 0 saturated heterocycles. The second-order valence-electron chi connectivity index (χ2n) is 5.33. The van der Waals surface area contributed by atoms with Crippen LogP contribution >= 0.6 is 0 Å². The van der Waals surface area contributed by atoms with Crippen LogP contribution in [0, 0.1) is 11.8 Å². The number of furan rings is 1. The smallest absolute Gasteiger partial charge is 0.133 e. The van der Waals surface area contributed by atoms with Crippen LogP contribution in [0.4, 0.5) is 0 Å². The van der Waals surface area contributed by atoms with Crippen LogP contribution < -0.4 is 5.32 Å². The third kappa shape index (κ3) is 3.86. The molecule has 2 N–H and O–H groups in total. The monoisotopic (exact) mass is 237 g/mol. The summed E-state index contributed by atoms with van der Waals surface area (Å²) in [6.07, 6.45) is 6.46. The third-order valence-corrected chi connectivity index (χ3v) is 3.69. The molecule has 0 bridgehead atoms. The SMILES string of the molecule is CC1CCCC(CNCC(O)c2ccco2)C1. The minimum atomic E-state index is -0.522. The Bertz CT molecular complexity index is 310. The number of aliphatic hydroxyl groups excluding tert-OH is 1. The van der Waals surface area contributed by atoms with Crippen LogP contribution in [-0.2, 0) is 0 Å². The Kier molecular flexibility index (Phi) is 4.63. The molecule has 1 fully saturated rings. The number of aliphatic hydroxyl groups is 1. The van der Waals surface area contributed by atoms with E-state index in [1.165, 1.54) is 25.7 Å².